The van der Waals surface area contributed by atoms with Crippen LogP contribution >= 0.6 is 11.6 Å². The molecule has 92 valence electrons. The van der Waals surface area contributed by atoms with E-state index in [0.29, 0.717) is 11.6 Å². The van der Waals surface area contributed by atoms with Crippen LogP contribution in [0.4, 0.5) is 0 Å². The third-order valence-electron chi connectivity index (χ3n) is 2.79. The molecule has 0 unspecified atom stereocenters. The molecule has 5 nitrogen and oxygen atoms in total. The third kappa shape index (κ3) is 2.02. The van der Waals surface area contributed by atoms with Crippen molar-refractivity contribution in [2.45, 2.75) is 26.9 Å². The minimum absolute atomic E-state index is 0.0532. The number of aromatic nitrogens is 4. The Morgan fingerprint density at radius 2 is 2.12 bits per heavy atom. The lowest BCUT2D eigenvalue weighted by molar-refractivity contribution is 0.588. The average Bonchev–Trinajstić information content (AvgIpc) is 2.76. The largest absolute Gasteiger partial charge is 0.328 e. The molecule has 0 aliphatic carbocycles. The van der Waals surface area contributed by atoms with E-state index in [2.05, 4.69) is 5.10 Å². The Morgan fingerprint density at radius 3 is 2.65 bits per heavy atom. The van der Waals surface area contributed by atoms with Gasteiger partial charge in [0.25, 0.3) is 0 Å². The smallest absolute Gasteiger partial charge is 0.302 e. The predicted molar refractivity (Wildman–Crippen MR) is 66.4 cm³/mol. The second-order valence-corrected chi connectivity index (χ2v) is 4.36. The summed E-state index contributed by atoms with van der Waals surface area (Å²) in [6.45, 7) is 5.06. The fourth-order valence-corrected chi connectivity index (χ4v) is 2.01. The molecule has 0 fully saturated rings. The van der Waals surface area contributed by atoms with E-state index < -0.39 is 0 Å². The molecule has 2 aromatic heterocycles. The van der Waals surface area contributed by atoms with Gasteiger partial charge in [-0.15, -0.1) is 0 Å². The van der Waals surface area contributed by atoms with E-state index in [1.54, 1.807) is 24.0 Å². The molecule has 2 rings (SSSR count). The van der Waals surface area contributed by atoms with Crippen LogP contribution in [0, 0.1) is 6.92 Å². The summed E-state index contributed by atoms with van der Waals surface area (Å²) in [6.07, 6.45) is 3.48. The quantitative estimate of drug-likeness (QED) is 0.832. The van der Waals surface area contributed by atoms with Crippen LogP contribution in [0.2, 0.25) is 5.02 Å². The highest BCUT2D eigenvalue weighted by atomic mass is 35.5. The van der Waals surface area contributed by atoms with Gasteiger partial charge < -0.3 is 4.57 Å². The molecule has 0 atom stereocenters. The molecule has 0 radical (unpaired) electrons. The number of imidazole rings is 1. The fourth-order valence-electron chi connectivity index (χ4n) is 1.81. The Morgan fingerprint density at radius 1 is 1.41 bits per heavy atom. The molecule has 0 spiro atoms. The predicted octanol–water partition coefficient (Wildman–Crippen LogP) is 1.41. The van der Waals surface area contributed by atoms with Crippen LogP contribution in [0.1, 0.15) is 18.3 Å². The van der Waals surface area contributed by atoms with Crippen LogP contribution in [0.15, 0.2) is 17.2 Å². The topological polar surface area (TPSA) is 44.8 Å². The normalized spacial score (nSPS) is 11.1. The number of rotatable bonds is 3. The van der Waals surface area contributed by atoms with Gasteiger partial charge in [0.1, 0.15) is 0 Å². The van der Waals surface area contributed by atoms with Crippen LogP contribution in [-0.4, -0.2) is 18.9 Å². The van der Waals surface area contributed by atoms with Crippen LogP contribution in [0.5, 0.6) is 0 Å². The number of nitrogens with zero attached hydrogens (tertiary/aromatic N) is 4. The Hall–Kier alpha value is -1.49. The van der Waals surface area contributed by atoms with Crippen molar-refractivity contribution in [2.75, 3.05) is 0 Å². The summed E-state index contributed by atoms with van der Waals surface area (Å²) in [5, 5.41) is 4.97. The van der Waals surface area contributed by atoms with Crippen molar-refractivity contribution in [3.63, 3.8) is 0 Å². The molecule has 0 saturated heterocycles. The lowest BCUT2D eigenvalue weighted by atomic mass is 10.3. The molecule has 0 aliphatic rings. The summed E-state index contributed by atoms with van der Waals surface area (Å²) >= 11 is 6.20. The van der Waals surface area contributed by atoms with Crippen LogP contribution in [-0.2, 0) is 20.1 Å². The molecular weight excluding hydrogens is 240 g/mol. The van der Waals surface area contributed by atoms with Crippen molar-refractivity contribution in [2.24, 2.45) is 7.05 Å². The van der Waals surface area contributed by atoms with Crippen molar-refractivity contribution >= 4 is 11.6 Å². The van der Waals surface area contributed by atoms with Gasteiger partial charge in [0.15, 0.2) is 0 Å². The Bertz CT molecular complexity index is 593. The standard InChI is InChI=1S/C11H15ClN4O/c1-4-16-9(10(12)8(2)13-16)7-15-6-5-14(3)11(15)17/h5-6H,4,7H2,1-3H3. The molecule has 0 aromatic carbocycles. The molecule has 2 aromatic rings. The Labute approximate surface area is 104 Å². The van der Waals surface area contributed by atoms with E-state index >= 15 is 0 Å². The van der Waals surface area contributed by atoms with E-state index in [9.17, 15) is 4.79 Å². The molecule has 0 saturated carbocycles. The first-order chi connectivity index (χ1) is 8.04. The van der Waals surface area contributed by atoms with E-state index in [1.807, 2.05) is 18.5 Å². The van der Waals surface area contributed by atoms with Gasteiger partial charge in [0.2, 0.25) is 0 Å². The molecule has 0 bridgehead atoms. The van der Waals surface area contributed by atoms with Crippen molar-refractivity contribution < 1.29 is 0 Å². The maximum atomic E-state index is 11.7. The first-order valence-corrected chi connectivity index (χ1v) is 5.86. The van der Waals surface area contributed by atoms with E-state index in [1.165, 1.54) is 4.57 Å². The SMILES string of the molecule is CCn1nc(C)c(Cl)c1Cn1ccn(C)c1=O. The lowest BCUT2D eigenvalue weighted by Gasteiger charge is -2.05. The first kappa shape index (κ1) is 12.0. The van der Waals surface area contributed by atoms with Crippen molar-refractivity contribution in [3.8, 4) is 0 Å². The van der Waals surface area contributed by atoms with Gasteiger partial charge in [-0.05, 0) is 13.8 Å². The van der Waals surface area contributed by atoms with Gasteiger partial charge >= 0.3 is 5.69 Å². The zero-order valence-corrected chi connectivity index (χ0v) is 10.9. The Kier molecular flexibility index (Phi) is 3.11. The van der Waals surface area contributed by atoms with Gasteiger partial charge in [-0.25, -0.2) is 4.79 Å². The number of hydrogen-bond donors (Lipinski definition) is 0. The second-order valence-electron chi connectivity index (χ2n) is 3.98. The van der Waals surface area contributed by atoms with Gasteiger partial charge in [-0.1, -0.05) is 11.6 Å². The minimum atomic E-state index is -0.0532. The van der Waals surface area contributed by atoms with E-state index in [0.717, 1.165) is 17.9 Å². The maximum Gasteiger partial charge on any atom is 0.328 e. The minimum Gasteiger partial charge on any atom is -0.302 e. The van der Waals surface area contributed by atoms with Crippen molar-refractivity contribution in [1.82, 2.24) is 18.9 Å². The molecular formula is C11H15ClN4O. The summed E-state index contributed by atoms with van der Waals surface area (Å²) in [5.41, 5.74) is 1.62. The van der Waals surface area contributed by atoms with Gasteiger partial charge in [0.05, 0.1) is 23.0 Å². The average molecular weight is 255 g/mol. The van der Waals surface area contributed by atoms with Crippen LogP contribution < -0.4 is 5.69 Å². The highest BCUT2D eigenvalue weighted by Crippen LogP contribution is 2.20. The van der Waals surface area contributed by atoms with E-state index in [-0.39, 0.29) is 5.69 Å². The molecule has 17 heavy (non-hydrogen) atoms. The van der Waals surface area contributed by atoms with Crippen molar-refractivity contribution in [3.05, 3.63) is 39.3 Å². The summed E-state index contributed by atoms with van der Waals surface area (Å²) in [4.78, 5) is 11.7. The third-order valence-corrected chi connectivity index (χ3v) is 3.28. The Balaban J connectivity index is 2.42. The molecule has 2 heterocycles. The highest BCUT2D eigenvalue weighted by molar-refractivity contribution is 6.31. The fraction of sp³-hybridized carbons (Fsp3) is 0.455. The number of hydrogen-bond acceptors (Lipinski definition) is 2. The zero-order chi connectivity index (χ0) is 12.6. The van der Waals surface area contributed by atoms with Crippen LogP contribution in [0.25, 0.3) is 0 Å². The van der Waals surface area contributed by atoms with Gasteiger partial charge in [-0.2, -0.15) is 5.10 Å². The molecule has 0 amide bonds. The summed E-state index contributed by atoms with van der Waals surface area (Å²) in [6, 6.07) is 0. The summed E-state index contributed by atoms with van der Waals surface area (Å²) in [7, 11) is 1.73. The van der Waals surface area contributed by atoms with Crippen molar-refractivity contribution in [1.29, 1.82) is 0 Å². The molecule has 6 heteroatoms. The number of halogens is 1. The van der Waals surface area contributed by atoms with Gasteiger partial charge in [0, 0.05) is 26.0 Å². The monoisotopic (exact) mass is 254 g/mol. The first-order valence-electron chi connectivity index (χ1n) is 5.48. The highest BCUT2D eigenvalue weighted by Gasteiger charge is 2.13. The van der Waals surface area contributed by atoms with E-state index in [4.69, 9.17) is 11.6 Å². The number of aryl methyl sites for hydroxylation is 3. The zero-order valence-electron chi connectivity index (χ0n) is 10.1. The molecule has 0 N–H and O–H groups in total. The van der Waals surface area contributed by atoms with Gasteiger partial charge in [-0.3, -0.25) is 9.25 Å². The van der Waals surface area contributed by atoms with Crippen LogP contribution in [0.3, 0.4) is 0 Å². The summed E-state index contributed by atoms with van der Waals surface area (Å²) < 4.78 is 4.99. The molecule has 0 aliphatic heterocycles. The summed E-state index contributed by atoms with van der Waals surface area (Å²) in [5.74, 6) is 0. The lowest BCUT2D eigenvalue weighted by Crippen LogP contribution is -2.23. The second kappa shape index (κ2) is 4.41. The maximum absolute atomic E-state index is 11.7.